The van der Waals surface area contributed by atoms with Crippen LogP contribution in [0.4, 0.5) is 5.69 Å². The lowest BCUT2D eigenvalue weighted by Crippen LogP contribution is -2.16. The summed E-state index contributed by atoms with van der Waals surface area (Å²) in [6.45, 7) is 3.36. The molecule has 1 heterocycles. The zero-order chi connectivity index (χ0) is 14.0. The molecule has 3 N–H and O–H groups in total. The Labute approximate surface area is 111 Å². The van der Waals surface area contributed by atoms with Crippen molar-refractivity contribution in [3.8, 4) is 0 Å². The lowest BCUT2D eigenvalue weighted by Gasteiger charge is -2.11. The standard InChI is InChI=1S/C12H15N3O3S/c1-8-4-3-5-11(9(8)2)15-19(17,18)12-10(7-16)6-13-14-12/h3-6,15-16H,7H2,1-2H3,(H,13,14). The zero-order valence-corrected chi connectivity index (χ0v) is 11.5. The fraction of sp³-hybridized carbons (Fsp3) is 0.250. The molecule has 2 aromatic rings. The first-order chi connectivity index (χ1) is 8.95. The molecule has 102 valence electrons. The normalized spacial score (nSPS) is 11.5. The molecular formula is C12H15N3O3S. The van der Waals surface area contributed by atoms with Gasteiger partial charge in [0.05, 0.1) is 18.5 Å². The molecule has 0 radical (unpaired) electrons. The van der Waals surface area contributed by atoms with Crippen LogP contribution in [-0.4, -0.2) is 23.7 Å². The SMILES string of the molecule is Cc1cccc(NS(=O)(=O)c2[nH]ncc2CO)c1C. The Morgan fingerprint density at radius 1 is 1.37 bits per heavy atom. The van der Waals surface area contributed by atoms with E-state index in [1.807, 2.05) is 19.9 Å². The first-order valence-corrected chi connectivity index (χ1v) is 7.16. The molecule has 0 unspecified atom stereocenters. The maximum Gasteiger partial charge on any atom is 0.279 e. The number of hydrogen-bond acceptors (Lipinski definition) is 4. The predicted octanol–water partition coefficient (Wildman–Crippen LogP) is 1.32. The van der Waals surface area contributed by atoms with Crippen LogP contribution in [0.15, 0.2) is 29.4 Å². The van der Waals surface area contributed by atoms with Gasteiger partial charge >= 0.3 is 0 Å². The number of hydrogen-bond donors (Lipinski definition) is 3. The quantitative estimate of drug-likeness (QED) is 0.787. The van der Waals surface area contributed by atoms with E-state index >= 15 is 0 Å². The van der Waals surface area contributed by atoms with Crippen LogP contribution in [0.25, 0.3) is 0 Å². The highest BCUT2D eigenvalue weighted by Crippen LogP contribution is 2.22. The number of aromatic amines is 1. The summed E-state index contributed by atoms with van der Waals surface area (Å²) in [4.78, 5) is 0. The van der Waals surface area contributed by atoms with E-state index in [-0.39, 0.29) is 17.2 Å². The maximum absolute atomic E-state index is 12.2. The third kappa shape index (κ3) is 2.61. The van der Waals surface area contributed by atoms with Crippen molar-refractivity contribution in [2.75, 3.05) is 4.72 Å². The number of aliphatic hydroxyl groups is 1. The topological polar surface area (TPSA) is 95.1 Å². The number of sulfonamides is 1. The highest BCUT2D eigenvalue weighted by Gasteiger charge is 2.21. The van der Waals surface area contributed by atoms with E-state index in [1.165, 1.54) is 6.20 Å². The highest BCUT2D eigenvalue weighted by molar-refractivity contribution is 7.92. The molecule has 0 saturated heterocycles. The van der Waals surface area contributed by atoms with Crippen molar-refractivity contribution in [1.29, 1.82) is 0 Å². The molecule has 0 saturated carbocycles. The minimum Gasteiger partial charge on any atom is -0.392 e. The van der Waals surface area contributed by atoms with Crippen LogP contribution in [0.3, 0.4) is 0 Å². The molecule has 0 amide bonds. The Balaban J connectivity index is 2.40. The van der Waals surface area contributed by atoms with Crippen molar-refractivity contribution in [2.24, 2.45) is 0 Å². The highest BCUT2D eigenvalue weighted by atomic mass is 32.2. The van der Waals surface area contributed by atoms with Crippen molar-refractivity contribution in [1.82, 2.24) is 10.2 Å². The molecule has 1 aromatic carbocycles. The van der Waals surface area contributed by atoms with Crippen LogP contribution < -0.4 is 4.72 Å². The van der Waals surface area contributed by atoms with Gasteiger partial charge in [-0.1, -0.05) is 12.1 Å². The van der Waals surface area contributed by atoms with Crippen LogP contribution in [0.1, 0.15) is 16.7 Å². The van der Waals surface area contributed by atoms with Gasteiger partial charge in [-0.05, 0) is 31.0 Å². The minimum absolute atomic E-state index is 0.115. The Bertz CT molecular complexity index is 692. The summed E-state index contributed by atoms with van der Waals surface area (Å²) in [5, 5.41) is 15.0. The lowest BCUT2D eigenvalue weighted by atomic mass is 10.1. The van der Waals surface area contributed by atoms with Gasteiger partial charge in [0.15, 0.2) is 5.03 Å². The third-order valence-electron chi connectivity index (χ3n) is 2.97. The van der Waals surface area contributed by atoms with Gasteiger partial charge in [-0.2, -0.15) is 13.5 Å². The van der Waals surface area contributed by atoms with E-state index in [0.717, 1.165) is 11.1 Å². The van der Waals surface area contributed by atoms with Gasteiger partial charge in [0.25, 0.3) is 10.0 Å². The van der Waals surface area contributed by atoms with Crippen LogP contribution in [0, 0.1) is 13.8 Å². The van der Waals surface area contributed by atoms with Gasteiger partial charge in [0.1, 0.15) is 0 Å². The summed E-state index contributed by atoms with van der Waals surface area (Å²) in [5.74, 6) is 0. The molecule has 6 nitrogen and oxygen atoms in total. The van der Waals surface area contributed by atoms with Crippen LogP contribution in [0.2, 0.25) is 0 Å². The number of nitrogens with one attached hydrogen (secondary N) is 2. The van der Waals surface area contributed by atoms with E-state index in [4.69, 9.17) is 5.11 Å². The molecule has 0 spiro atoms. The van der Waals surface area contributed by atoms with Crippen LogP contribution in [0.5, 0.6) is 0 Å². The summed E-state index contributed by atoms with van der Waals surface area (Å²) in [6, 6.07) is 5.37. The molecule has 0 atom stereocenters. The smallest absolute Gasteiger partial charge is 0.279 e. The number of aromatic nitrogens is 2. The molecule has 0 aliphatic heterocycles. The average molecular weight is 281 g/mol. The first kappa shape index (κ1) is 13.6. The Hall–Kier alpha value is -1.86. The number of nitrogens with zero attached hydrogens (tertiary/aromatic N) is 1. The fourth-order valence-electron chi connectivity index (χ4n) is 1.70. The maximum atomic E-state index is 12.2. The van der Waals surface area contributed by atoms with Gasteiger partial charge in [0, 0.05) is 5.56 Å². The summed E-state index contributed by atoms with van der Waals surface area (Å²) in [7, 11) is -3.78. The number of anilines is 1. The third-order valence-corrected chi connectivity index (χ3v) is 4.35. The Morgan fingerprint density at radius 2 is 2.11 bits per heavy atom. The van der Waals surface area contributed by atoms with Crippen LogP contribution >= 0.6 is 0 Å². The first-order valence-electron chi connectivity index (χ1n) is 5.68. The second-order valence-corrected chi connectivity index (χ2v) is 5.85. The van der Waals surface area contributed by atoms with E-state index in [2.05, 4.69) is 14.9 Å². The van der Waals surface area contributed by atoms with Crippen molar-refractivity contribution >= 4 is 15.7 Å². The van der Waals surface area contributed by atoms with Gasteiger partial charge in [-0.25, -0.2) is 0 Å². The minimum atomic E-state index is -3.78. The van der Waals surface area contributed by atoms with Gasteiger partial charge in [0.2, 0.25) is 0 Å². The largest absolute Gasteiger partial charge is 0.392 e. The summed E-state index contributed by atoms with van der Waals surface area (Å²) < 4.78 is 26.9. The zero-order valence-electron chi connectivity index (χ0n) is 10.6. The van der Waals surface area contributed by atoms with Crippen molar-refractivity contribution in [3.63, 3.8) is 0 Å². The molecule has 0 aliphatic rings. The van der Waals surface area contributed by atoms with Gasteiger partial charge in [-0.3, -0.25) is 9.82 Å². The number of rotatable bonds is 4. The number of H-pyrrole nitrogens is 1. The molecule has 7 heteroatoms. The molecule has 0 bridgehead atoms. The monoisotopic (exact) mass is 281 g/mol. The molecule has 2 rings (SSSR count). The van der Waals surface area contributed by atoms with Crippen molar-refractivity contribution in [2.45, 2.75) is 25.5 Å². The second-order valence-electron chi connectivity index (χ2n) is 4.24. The molecule has 0 fully saturated rings. The average Bonchev–Trinajstić information content (AvgIpc) is 2.84. The van der Waals surface area contributed by atoms with E-state index in [9.17, 15) is 8.42 Å². The number of benzene rings is 1. The lowest BCUT2D eigenvalue weighted by molar-refractivity contribution is 0.278. The van der Waals surface area contributed by atoms with Crippen LogP contribution in [-0.2, 0) is 16.6 Å². The molecule has 0 aliphatic carbocycles. The molecular weight excluding hydrogens is 266 g/mol. The molecule has 1 aromatic heterocycles. The van der Waals surface area contributed by atoms with E-state index in [1.54, 1.807) is 12.1 Å². The summed E-state index contributed by atoms with van der Waals surface area (Å²) in [5.41, 5.74) is 2.60. The fourth-order valence-corrected chi connectivity index (χ4v) is 2.95. The molecule has 19 heavy (non-hydrogen) atoms. The number of aryl methyl sites for hydroxylation is 1. The Morgan fingerprint density at radius 3 is 2.79 bits per heavy atom. The van der Waals surface area contributed by atoms with Gasteiger partial charge < -0.3 is 5.11 Å². The summed E-state index contributed by atoms with van der Waals surface area (Å²) >= 11 is 0. The van der Waals surface area contributed by atoms with Crippen molar-refractivity contribution < 1.29 is 13.5 Å². The number of aliphatic hydroxyl groups excluding tert-OH is 1. The van der Waals surface area contributed by atoms with Gasteiger partial charge in [-0.15, -0.1) is 0 Å². The summed E-state index contributed by atoms with van der Waals surface area (Å²) in [6.07, 6.45) is 1.29. The van der Waals surface area contributed by atoms with E-state index < -0.39 is 10.0 Å². The predicted molar refractivity (Wildman–Crippen MR) is 71.2 cm³/mol. The Kier molecular flexibility index (Phi) is 3.59. The van der Waals surface area contributed by atoms with Crippen molar-refractivity contribution in [3.05, 3.63) is 41.1 Å². The van der Waals surface area contributed by atoms with E-state index in [0.29, 0.717) is 5.69 Å². The second kappa shape index (κ2) is 5.02.